The van der Waals surface area contributed by atoms with Crippen LogP contribution in [0.3, 0.4) is 0 Å². The third-order valence-corrected chi connectivity index (χ3v) is 5.11. The molecule has 1 amide bonds. The third-order valence-electron chi connectivity index (χ3n) is 5.11. The van der Waals surface area contributed by atoms with Crippen molar-refractivity contribution in [1.29, 1.82) is 0 Å². The van der Waals surface area contributed by atoms with Gasteiger partial charge in [0.15, 0.2) is 0 Å². The fraction of sp³-hybridized carbons (Fsp3) is 0.647. The van der Waals surface area contributed by atoms with E-state index in [0.717, 1.165) is 18.7 Å². The highest BCUT2D eigenvalue weighted by atomic mass is 16.5. The molecule has 1 aromatic heterocycles. The number of rotatable bonds is 6. The molecular weight excluding hydrogens is 264 g/mol. The lowest BCUT2D eigenvalue weighted by atomic mass is 9.51. The van der Waals surface area contributed by atoms with Crippen molar-refractivity contribution in [1.82, 2.24) is 10.3 Å². The molecule has 0 bridgehead atoms. The molecule has 2 fully saturated rings. The van der Waals surface area contributed by atoms with E-state index in [1.165, 1.54) is 19.3 Å². The van der Waals surface area contributed by atoms with Gasteiger partial charge in [0.1, 0.15) is 0 Å². The Morgan fingerprint density at radius 3 is 2.95 bits per heavy atom. The van der Waals surface area contributed by atoms with Crippen LogP contribution in [0.4, 0.5) is 0 Å². The first-order valence-electron chi connectivity index (χ1n) is 8.05. The molecule has 3 rings (SSSR count). The van der Waals surface area contributed by atoms with Gasteiger partial charge in [0.2, 0.25) is 5.91 Å². The van der Waals surface area contributed by atoms with E-state index >= 15 is 0 Å². The Bertz CT molecular complexity index is 485. The molecule has 2 aliphatic carbocycles. The summed E-state index contributed by atoms with van der Waals surface area (Å²) in [7, 11) is 0. The van der Waals surface area contributed by atoms with E-state index in [-0.39, 0.29) is 11.3 Å². The summed E-state index contributed by atoms with van der Waals surface area (Å²) in [5.74, 6) is 0.145. The molecule has 4 heteroatoms. The third kappa shape index (κ3) is 2.82. The molecule has 2 aliphatic rings. The molecule has 114 valence electrons. The molecule has 4 nitrogen and oxygen atoms in total. The monoisotopic (exact) mass is 288 g/mol. The summed E-state index contributed by atoms with van der Waals surface area (Å²) in [5, 5.41) is 3.22. The molecule has 0 aromatic carbocycles. The number of aryl methyl sites for hydroxylation is 1. The summed E-state index contributed by atoms with van der Waals surface area (Å²) < 4.78 is 5.82. The molecule has 0 radical (unpaired) electrons. The van der Waals surface area contributed by atoms with Crippen LogP contribution in [0.25, 0.3) is 0 Å². The number of carbonyl (C=O) groups is 1. The summed E-state index contributed by atoms with van der Waals surface area (Å²) in [4.78, 5) is 16.4. The Balaban J connectivity index is 1.47. The standard InChI is InChI=1S/C17H24N2O2/c1-2-21-15-12-14(17(15)9-5-10-17)19-16(20)8-7-13-6-3-4-11-18-13/h3-4,6,11,14-15H,2,5,7-10,12H2,1H3,(H,19,20)/t14-,15-/m1/s1. The van der Waals surface area contributed by atoms with Gasteiger partial charge >= 0.3 is 0 Å². The zero-order chi connectivity index (χ0) is 14.7. The Kier molecular flexibility index (Phi) is 4.24. The molecule has 2 saturated carbocycles. The van der Waals surface area contributed by atoms with Crippen LogP contribution in [0.1, 0.15) is 44.7 Å². The van der Waals surface area contributed by atoms with Gasteiger partial charge in [-0.3, -0.25) is 9.78 Å². The highest BCUT2D eigenvalue weighted by Crippen LogP contribution is 2.57. The van der Waals surface area contributed by atoms with E-state index in [0.29, 0.717) is 25.0 Å². The van der Waals surface area contributed by atoms with Gasteiger partial charge < -0.3 is 10.1 Å². The molecule has 1 spiro atoms. The SMILES string of the molecule is CCO[C@@H]1C[C@@H](NC(=O)CCc2ccccn2)C12CCC2. The lowest BCUT2D eigenvalue weighted by Crippen LogP contribution is -2.67. The Hall–Kier alpha value is -1.42. The fourth-order valence-corrected chi connectivity index (χ4v) is 3.69. The first-order valence-corrected chi connectivity index (χ1v) is 8.05. The van der Waals surface area contributed by atoms with Crippen molar-refractivity contribution in [2.75, 3.05) is 6.61 Å². The summed E-state index contributed by atoms with van der Waals surface area (Å²) in [6, 6.07) is 6.14. The van der Waals surface area contributed by atoms with E-state index in [9.17, 15) is 4.79 Å². The minimum atomic E-state index is 0.145. The average molecular weight is 288 g/mol. The quantitative estimate of drug-likeness (QED) is 0.875. The number of nitrogens with zero attached hydrogens (tertiary/aromatic N) is 1. The second-order valence-electron chi connectivity index (χ2n) is 6.21. The number of hydrogen-bond donors (Lipinski definition) is 1. The van der Waals surface area contributed by atoms with Gasteiger partial charge in [0.25, 0.3) is 0 Å². The van der Waals surface area contributed by atoms with Gasteiger partial charge in [-0.15, -0.1) is 0 Å². The lowest BCUT2D eigenvalue weighted by Gasteiger charge is -2.61. The average Bonchev–Trinajstić information content (AvgIpc) is 2.43. The van der Waals surface area contributed by atoms with Crippen LogP contribution in [-0.4, -0.2) is 29.6 Å². The second kappa shape index (κ2) is 6.14. The smallest absolute Gasteiger partial charge is 0.220 e. The number of hydrogen-bond acceptors (Lipinski definition) is 3. The predicted molar refractivity (Wildman–Crippen MR) is 80.8 cm³/mol. The topological polar surface area (TPSA) is 51.2 Å². The van der Waals surface area contributed by atoms with Gasteiger partial charge in [-0.2, -0.15) is 0 Å². The number of amides is 1. The number of aromatic nitrogens is 1. The lowest BCUT2D eigenvalue weighted by molar-refractivity contribution is -0.175. The largest absolute Gasteiger partial charge is 0.378 e. The van der Waals surface area contributed by atoms with Gasteiger partial charge in [0, 0.05) is 36.4 Å². The molecule has 0 unspecified atom stereocenters. The van der Waals surface area contributed by atoms with Crippen LogP contribution in [0.2, 0.25) is 0 Å². The Morgan fingerprint density at radius 2 is 2.33 bits per heavy atom. The molecule has 1 N–H and O–H groups in total. The Morgan fingerprint density at radius 1 is 1.48 bits per heavy atom. The van der Waals surface area contributed by atoms with Crippen molar-refractivity contribution in [3.63, 3.8) is 0 Å². The van der Waals surface area contributed by atoms with Crippen molar-refractivity contribution in [3.8, 4) is 0 Å². The highest BCUT2D eigenvalue weighted by Gasteiger charge is 2.59. The Labute approximate surface area is 126 Å². The van der Waals surface area contributed by atoms with Gasteiger partial charge in [-0.05, 0) is 44.7 Å². The zero-order valence-corrected chi connectivity index (χ0v) is 12.7. The first-order chi connectivity index (χ1) is 10.2. The van der Waals surface area contributed by atoms with Crippen LogP contribution < -0.4 is 5.32 Å². The van der Waals surface area contributed by atoms with Crippen LogP contribution >= 0.6 is 0 Å². The number of ether oxygens (including phenoxy) is 1. The van der Waals surface area contributed by atoms with Gasteiger partial charge in [0.05, 0.1) is 6.10 Å². The zero-order valence-electron chi connectivity index (χ0n) is 12.7. The number of nitrogens with one attached hydrogen (secondary N) is 1. The van der Waals surface area contributed by atoms with Crippen LogP contribution in [0.5, 0.6) is 0 Å². The van der Waals surface area contributed by atoms with E-state index in [4.69, 9.17) is 4.74 Å². The van der Waals surface area contributed by atoms with E-state index in [1.807, 2.05) is 25.1 Å². The van der Waals surface area contributed by atoms with Crippen molar-refractivity contribution in [2.45, 2.75) is 57.6 Å². The fourth-order valence-electron chi connectivity index (χ4n) is 3.69. The van der Waals surface area contributed by atoms with Crippen molar-refractivity contribution < 1.29 is 9.53 Å². The summed E-state index contributed by atoms with van der Waals surface area (Å²) in [6.45, 7) is 2.82. The maximum atomic E-state index is 12.1. The molecule has 21 heavy (non-hydrogen) atoms. The molecule has 2 atom stereocenters. The number of carbonyl (C=O) groups excluding carboxylic acids is 1. The molecule has 1 aromatic rings. The van der Waals surface area contributed by atoms with Crippen molar-refractivity contribution >= 4 is 5.91 Å². The maximum absolute atomic E-state index is 12.1. The minimum absolute atomic E-state index is 0.145. The van der Waals surface area contributed by atoms with Crippen LogP contribution in [-0.2, 0) is 16.0 Å². The maximum Gasteiger partial charge on any atom is 0.220 e. The van der Waals surface area contributed by atoms with E-state index < -0.39 is 0 Å². The predicted octanol–water partition coefficient (Wildman–Crippen LogP) is 2.48. The van der Waals surface area contributed by atoms with E-state index in [2.05, 4.69) is 10.3 Å². The summed E-state index contributed by atoms with van der Waals surface area (Å²) in [6.07, 6.45) is 8.00. The molecule has 0 aliphatic heterocycles. The van der Waals surface area contributed by atoms with Crippen LogP contribution in [0.15, 0.2) is 24.4 Å². The molecule has 1 heterocycles. The van der Waals surface area contributed by atoms with Gasteiger partial charge in [-0.1, -0.05) is 12.5 Å². The van der Waals surface area contributed by atoms with Crippen molar-refractivity contribution in [3.05, 3.63) is 30.1 Å². The minimum Gasteiger partial charge on any atom is -0.378 e. The molecule has 0 saturated heterocycles. The second-order valence-corrected chi connectivity index (χ2v) is 6.21. The molecular formula is C17H24N2O2. The summed E-state index contributed by atoms with van der Waals surface area (Å²) in [5.41, 5.74) is 1.23. The normalized spacial score (nSPS) is 26.0. The van der Waals surface area contributed by atoms with E-state index in [1.54, 1.807) is 6.20 Å². The van der Waals surface area contributed by atoms with Crippen LogP contribution in [0, 0.1) is 5.41 Å². The first kappa shape index (κ1) is 14.5. The van der Waals surface area contributed by atoms with Crippen molar-refractivity contribution in [2.24, 2.45) is 5.41 Å². The number of pyridine rings is 1. The highest BCUT2D eigenvalue weighted by molar-refractivity contribution is 5.76. The van der Waals surface area contributed by atoms with Gasteiger partial charge in [-0.25, -0.2) is 0 Å². The summed E-state index contributed by atoms with van der Waals surface area (Å²) >= 11 is 0.